The second-order valence-electron chi connectivity index (χ2n) is 3.42. The molecule has 0 fully saturated rings. The van der Waals surface area contributed by atoms with Crippen molar-refractivity contribution in [2.45, 2.75) is 6.54 Å². The summed E-state index contributed by atoms with van der Waals surface area (Å²) < 4.78 is 14.2. The summed E-state index contributed by atoms with van der Waals surface area (Å²) in [6.07, 6.45) is 1.67. The molecule has 2 aromatic rings. The highest BCUT2D eigenvalue weighted by Gasteiger charge is 2.06. The van der Waals surface area contributed by atoms with E-state index >= 15 is 0 Å². The number of aromatic nitrogens is 1. The van der Waals surface area contributed by atoms with Crippen molar-refractivity contribution in [2.75, 3.05) is 5.32 Å². The number of pyridine rings is 1. The maximum atomic E-state index is 13.5. The summed E-state index contributed by atoms with van der Waals surface area (Å²) in [5, 5.41) is 3.48. The van der Waals surface area contributed by atoms with E-state index in [1.165, 1.54) is 6.07 Å². The van der Waals surface area contributed by atoms with E-state index in [1.54, 1.807) is 18.3 Å². The van der Waals surface area contributed by atoms with Gasteiger partial charge in [-0.2, -0.15) is 0 Å². The van der Waals surface area contributed by atoms with E-state index in [9.17, 15) is 4.39 Å². The van der Waals surface area contributed by atoms with E-state index in [4.69, 9.17) is 11.6 Å². The van der Waals surface area contributed by atoms with Crippen LogP contribution < -0.4 is 5.32 Å². The molecular formula is C12H9BrClFN2. The molecule has 1 heterocycles. The van der Waals surface area contributed by atoms with E-state index in [0.717, 1.165) is 10.3 Å². The molecule has 0 spiro atoms. The van der Waals surface area contributed by atoms with Crippen LogP contribution in [0.1, 0.15) is 5.56 Å². The zero-order valence-corrected chi connectivity index (χ0v) is 11.1. The van der Waals surface area contributed by atoms with Crippen LogP contribution in [-0.2, 0) is 6.54 Å². The molecule has 0 unspecified atom stereocenters. The molecule has 0 radical (unpaired) electrons. The Morgan fingerprint density at radius 2 is 2.12 bits per heavy atom. The van der Waals surface area contributed by atoms with Crippen LogP contribution in [0.3, 0.4) is 0 Å². The Balaban J connectivity index is 2.10. The van der Waals surface area contributed by atoms with Crippen molar-refractivity contribution < 1.29 is 4.39 Å². The predicted octanol–water partition coefficient (Wildman–Crippen LogP) is 4.25. The summed E-state index contributed by atoms with van der Waals surface area (Å²) in [4.78, 5) is 4.06. The van der Waals surface area contributed by atoms with Crippen LogP contribution in [0.5, 0.6) is 0 Å². The van der Waals surface area contributed by atoms with Gasteiger partial charge in [0.2, 0.25) is 0 Å². The lowest BCUT2D eigenvalue weighted by atomic mass is 10.2. The Labute approximate surface area is 112 Å². The van der Waals surface area contributed by atoms with Gasteiger partial charge in [-0.1, -0.05) is 17.7 Å². The van der Waals surface area contributed by atoms with Crippen molar-refractivity contribution in [3.8, 4) is 0 Å². The Bertz CT molecular complexity index is 496. The average molecular weight is 316 g/mol. The predicted molar refractivity (Wildman–Crippen MR) is 70.7 cm³/mol. The van der Waals surface area contributed by atoms with Crippen LogP contribution in [0.15, 0.2) is 41.1 Å². The number of halogens is 3. The lowest BCUT2D eigenvalue weighted by Gasteiger charge is -2.08. The van der Waals surface area contributed by atoms with Crippen LogP contribution in [0.25, 0.3) is 0 Å². The molecule has 0 aliphatic heterocycles. The van der Waals surface area contributed by atoms with Gasteiger partial charge in [-0.05, 0) is 40.2 Å². The molecule has 0 saturated carbocycles. The Morgan fingerprint density at radius 3 is 2.76 bits per heavy atom. The highest BCUT2D eigenvalue weighted by Crippen LogP contribution is 2.20. The maximum Gasteiger partial charge on any atom is 0.129 e. The van der Waals surface area contributed by atoms with Gasteiger partial charge in [0.25, 0.3) is 0 Å². The number of rotatable bonds is 3. The Hall–Kier alpha value is -1.13. The molecule has 88 valence electrons. The van der Waals surface area contributed by atoms with Crippen molar-refractivity contribution in [1.29, 1.82) is 0 Å². The van der Waals surface area contributed by atoms with Crippen molar-refractivity contribution in [3.63, 3.8) is 0 Å². The number of benzene rings is 1. The highest BCUT2D eigenvalue weighted by atomic mass is 79.9. The van der Waals surface area contributed by atoms with Crippen LogP contribution in [0.4, 0.5) is 10.1 Å². The maximum absolute atomic E-state index is 13.5. The third-order valence-electron chi connectivity index (χ3n) is 2.26. The van der Waals surface area contributed by atoms with Gasteiger partial charge in [-0.25, -0.2) is 9.37 Å². The quantitative estimate of drug-likeness (QED) is 0.857. The van der Waals surface area contributed by atoms with Crippen LogP contribution in [0.2, 0.25) is 5.02 Å². The molecule has 0 aliphatic rings. The second-order valence-corrected chi connectivity index (χ2v) is 4.64. The van der Waals surface area contributed by atoms with Gasteiger partial charge in [0.15, 0.2) is 0 Å². The summed E-state index contributed by atoms with van der Waals surface area (Å²) in [5.74, 6) is -0.310. The van der Waals surface area contributed by atoms with Crippen LogP contribution in [-0.4, -0.2) is 4.98 Å². The standard InChI is InChI=1S/C12H9BrClFN2/c13-12-5-4-8(6-17-12)16-7-9-10(14)2-1-3-11(9)15/h1-6,16H,7H2. The second kappa shape index (κ2) is 5.47. The van der Waals surface area contributed by atoms with Gasteiger partial charge in [0.05, 0.1) is 11.9 Å². The molecular weight excluding hydrogens is 307 g/mol. The van der Waals surface area contributed by atoms with E-state index in [1.807, 2.05) is 12.1 Å². The van der Waals surface area contributed by atoms with Crippen molar-refractivity contribution in [1.82, 2.24) is 4.98 Å². The number of hydrogen-bond acceptors (Lipinski definition) is 2. The molecule has 0 amide bonds. The molecule has 1 aromatic carbocycles. The molecule has 1 N–H and O–H groups in total. The van der Waals surface area contributed by atoms with Crippen molar-refractivity contribution >= 4 is 33.2 Å². The molecule has 0 aliphatic carbocycles. The number of anilines is 1. The highest BCUT2D eigenvalue weighted by molar-refractivity contribution is 9.10. The smallest absolute Gasteiger partial charge is 0.129 e. The summed E-state index contributed by atoms with van der Waals surface area (Å²) >= 11 is 9.16. The first kappa shape index (κ1) is 12.3. The number of hydrogen-bond donors (Lipinski definition) is 1. The third kappa shape index (κ3) is 3.17. The first-order valence-electron chi connectivity index (χ1n) is 4.95. The van der Waals surface area contributed by atoms with Gasteiger partial charge in [0.1, 0.15) is 10.4 Å². The minimum atomic E-state index is -0.310. The average Bonchev–Trinajstić information content (AvgIpc) is 2.31. The molecule has 0 atom stereocenters. The van der Waals surface area contributed by atoms with Crippen LogP contribution in [0, 0.1) is 5.82 Å². The minimum absolute atomic E-state index is 0.310. The summed E-state index contributed by atoms with van der Waals surface area (Å²) in [5.41, 5.74) is 1.27. The first-order chi connectivity index (χ1) is 8.16. The van der Waals surface area contributed by atoms with Crippen LogP contribution >= 0.6 is 27.5 Å². The zero-order valence-electron chi connectivity index (χ0n) is 8.75. The topological polar surface area (TPSA) is 24.9 Å². The van der Waals surface area contributed by atoms with Gasteiger partial charge in [0, 0.05) is 17.1 Å². The first-order valence-corrected chi connectivity index (χ1v) is 6.12. The van der Waals surface area contributed by atoms with Gasteiger partial charge >= 0.3 is 0 Å². The third-order valence-corrected chi connectivity index (χ3v) is 3.08. The molecule has 1 aromatic heterocycles. The molecule has 2 rings (SSSR count). The van der Waals surface area contributed by atoms with E-state index < -0.39 is 0 Å². The van der Waals surface area contributed by atoms with Gasteiger partial charge in [-0.15, -0.1) is 0 Å². The summed E-state index contributed by atoms with van der Waals surface area (Å²) in [6.45, 7) is 0.328. The fourth-order valence-corrected chi connectivity index (χ4v) is 1.84. The fraction of sp³-hybridized carbons (Fsp3) is 0.0833. The van der Waals surface area contributed by atoms with Gasteiger partial charge in [-0.3, -0.25) is 0 Å². The molecule has 5 heteroatoms. The lowest BCUT2D eigenvalue weighted by molar-refractivity contribution is 0.613. The zero-order chi connectivity index (χ0) is 12.3. The fourth-order valence-electron chi connectivity index (χ4n) is 1.37. The van der Waals surface area contributed by atoms with Crippen molar-refractivity contribution in [2.24, 2.45) is 0 Å². The molecule has 0 bridgehead atoms. The Kier molecular flexibility index (Phi) is 3.97. The number of nitrogens with zero attached hydrogens (tertiary/aromatic N) is 1. The monoisotopic (exact) mass is 314 g/mol. The summed E-state index contributed by atoms with van der Waals surface area (Å²) in [7, 11) is 0. The van der Waals surface area contributed by atoms with E-state index in [2.05, 4.69) is 26.2 Å². The molecule has 0 saturated heterocycles. The van der Waals surface area contributed by atoms with Crippen molar-refractivity contribution in [3.05, 3.63) is 57.5 Å². The van der Waals surface area contributed by atoms with E-state index in [-0.39, 0.29) is 5.82 Å². The van der Waals surface area contributed by atoms with Gasteiger partial charge < -0.3 is 5.32 Å². The minimum Gasteiger partial charge on any atom is -0.380 e. The molecule has 17 heavy (non-hydrogen) atoms. The summed E-state index contributed by atoms with van der Waals surface area (Å²) in [6, 6.07) is 8.31. The Morgan fingerprint density at radius 1 is 1.29 bits per heavy atom. The normalized spacial score (nSPS) is 10.3. The SMILES string of the molecule is Fc1cccc(Cl)c1CNc1ccc(Br)nc1. The lowest BCUT2D eigenvalue weighted by Crippen LogP contribution is -2.02. The largest absolute Gasteiger partial charge is 0.380 e. The van der Waals surface area contributed by atoms with E-state index in [0.29, 0.717) is 17.1 Å². The number of nitrogens with one attached hydrogen (secondary N) is 1. The molecule has 2 nitrogen and oxygen atoms in total.